The lowest BCUT2D eigenvalue weighted by atomic mass is 9.67. The van der Waals surface area contributed by atoms with Crippen LogP contribution in [-0.4, -0.2) is 27.1 Å². The van der Waals surface area contributed by atoms with E-state index in [0.717, 1.165) is 17.8 Å². The summed E-state index contributed by atoms with van der Waals surface area (Å²) in [6.45, 7) is 10.2. The summed E-state index contributed by atoms with van der Waals surface area (Å²) in [5, 5.41) is 21.4. The van der Waals surface area contributed by atoms with Gasteiger partial charge in [0, 0.05) is 57.9 Å². The molecule has 5 rings (SSSR count). The maximum Gasteiger partial charge on any atom is 0.257 e. The number of hydrogen-bond donors (Lipinski definition) is 0. The topological polar surface area (TPSA) is 81.6 Å². The van der Waals surface area contributed by atoms with E-state index < -0.39 is 7.32 Å². The average molecular weight is 1090 g/mol. The molecule has 0 spiro atoms. The van der Waals surface area contributed by atoms with Crippen molar-refractivity contribution in [2.75, 3.05) is 19.8 Å². The molecule has 2 heterocycles. The lowest BCUT2D eigenvalue weighted by Gasteiger charge is -2.37. The Morgan fingerprint density at radius 3 is 0.975 bits per heavy atom. The van der Waals surface area contributed by atoms with Crippen molar-refractivity contribution < 1.29 is 33.8 Å². The van der Waals surface area contributed by atoms with Crippen LogP contribution >= 0.6 is 0 Å². The van der Waals surface area contributed by atoms with E-state index in [1.165, 1.54) is 209 Å². The van der Waals surface area contributed by atoms with Crippen molar-refractivity contribution in [3.8, 4) is 0 Å². The van der Waals surface area contributed by atoms with E-state index in [4.69, 9.17) is 14.3 Å². The van der Waals surface area contributed by atoms with Gasteiger partial charge in [-0.15, -0.1) is 0 Å². The third-order valence-corrected chi connectivity index (χ3v) is 15.0. The summed E-state index contributed by atoms with van der Waals surface area (Å²) < 4.78 is 8.43. The van der Waals surface area contributed by atoms with Crippen molar-refractivity contribution in [3.05, 3.63) is 180 Å². The van der Waals surface area contributed by atoms with Crippen LogP contribution in [0.25, 0.3) is 12.2 Å². The fourth-order valence-electron chi connectivity index (χ4n) is 10.6. The number of benzene rings is 3. The summed E-state index contributed by atoms with van der Waals surface area (Å²) >= 11 is 0. The van der Waals surface area contributed by atoms with E-state index in [9.17, 15) is 10.0 Å². The van der Waals surface area contributed by atoms with Gasteiger partial charge in [0.25, 0.3) is 11.4 Å². The Morgan fingerprint density at radius 1 is 0.375 bits per heavy atom. The fraction of sp³-hybridized carbons (Fsp3) is 0.556. The molecule has 7 nitrogen and oxygen atoms in total. The van der Waals surface area contributed by atoms with Crippen LogP contribution in [0, 0.1) is 0 Å². The van der Waals surface area contributed by atoms with E-state index in [1.54, 1.807) is 0 Å². The van der Waals surface area contributed by atoms with Gasteiger partial charge >= 0.3 is 0 Å². The summed E-state index contributed by atoms with van der Waals surface area (Å²) in [6, 6.07) is 43.3. The minimum Gasteiger partial charge on any atom is -0.871 e. The van der Waals surface area contributed by atoms with E-state index >= 15 is 0 Å². The highest BCUT2D eigenvalue weighted by Gasteiger charge is 2.35. The number of allylic oxidation sites excluding steroid dienone is 2. The zero-order chi connectivity index (χ0) is 57.1. The van der Waals surface area contributed by atoms with Crippen molar-refractivity contribution in [2.24, 2.45) is 0 Å². The molecule has 80 heavy (non-hydrogen) atoms. The van der Waals surface area contributed by atoms with Crippen LogP contribution in [0.15, 0.2) is 152 Å². The highest BCUT2D eigenvalue weighted by atomic mass is 16.7. The highest BCUT2D eigenvalue weighted by Crippen LogP contribution is 2.43. The predicted molar refractivity (Wildman–Crippen MR) is 336 cm³/mol. The third-order valence-electron chi connectivity index (χ3n) is 15.0. The summed E-state index contributed by atoms with van der Waals surface area (Å²) in [7, 11) is -2.23. The Labute approximate surface area is 489 Å². The van der Waals surface area contributed by atoms with Crippen LogP contribution in [0.2, 0.25) is 0 Å². The largest absolute Gasteiger partial charge is 0.871 e. The second-order valence-corrected chi connectivity index (χ2v) is 21.6. The minimum atomic E-state index is -2.23. The van der Waals surface area contributed by atoms with Gasteiger partial charge in [-0.2, -0.15) is 0 Å². The van der Waals surface area contributed by atoms with Crippen molar-refractivity contribution in [3.63, 3.8) is 0 Å². The molecule has 3 aromatic carbocycles. The van der Waals surface area contributed by atoms with Crippen LogP contribution in [0.1, 0.15) is 261 Å². The molecule has 0 radical (unpaired) electrons. The molecule has 0 amide bonds. The Balaban J connectivity index is 0.000000315. The lowest BCUT2D eigenvalue weighted by Crippen LogP contribution is -2.48. The molecule has 8 heteroatoms. The molecule has 0 N–H and O–H groups in total. The molecular formula is C72H109BN2O5. The predicted octanol–water partition coefficient (Wildman–Crippen LogP) is 17.1. The van der Waals surface area contributed by atoms with Crippen molar-refractivity contribution >= 4 is 19.5 Å². The lowest BCUT2D eigenvalue weighted by molar-refractivity contribution is -0.892. The highest BCUT2D eigenvalue weighted by molar-refractivity contribution is 6.28. The first-order chi connectivity index (χ1) is 39.5. The van der Waals surface area contributed by atoms with Crippen LogP contribution in [-0.2, 0) is 10.1 Å². The molecule has 0 saturated heterocycles. The molecule has 0 aliphatic heterocycles. The van der Waals surface area contributed by atoms with Gasteiger partial charge in [-0.05, 0) is 81.2 Å². The molecule has 440 valence electrons. The number of rotatable bonds is 44. The third kappa shape index (κ3) is 31.8. The number of nitrogens with zero attached hydrogens (tertiary/aromatic N) is 2. The summed E-state index contributed by atoms with van der Waals surface area (Å²) in [4.78, 5) is 11.2. The maximum atomic E-state index is 10.7. The first-order valence-corrected chi connectivity index (χ1v) is 32.2. The van der Waals surface area contributed by atoms with Crippen LogP contribution in [0.3, 0.4) is 0 Å². The van der Waals surface area contributed by atoms with Crippen molar-refractivity contribution in [1.29, 1.82) is 0 Å². The van der Waals surface area contributed by atoms with Gasteiger partial charge in [0.2, 0.25) is 12.4 Å². The quantitative estimate of drug-likeness (QED) is 0.0168. The van der Waals surface area contributed by atoms with Gasteiger partial charge in [0.05, 0.1) is 7.32 Å². The Bertz CT molecular complexity index is 2020. The molecule has 2 aromatic heterocycles. The molecule has 0 saturated carbocycles. The van der Waals surface area contributed by atoms with Gasteiger partial charge in [-0.25, -0.2) is 0 Å². The molecule has 0 atom stereocenters. The van der Waals surface area contributed by atoms with Crippen molar-refractivity contribution in [1.82, 2.24) is 0 Å². The molecule has 0 aliphatic carbocycles. The SMILES string of the molecule is CCCCCCCCCCCCCCCCC=Cc1cccc[n+]1OCC.CCCCCCCCCCCCCCCCC=Cc1cccc[n+]1OCC.[O-]B([O-])OCCCC(c1ccccc1)(c1ccccc1)c1ccccc1. The van der Waals surface area contributed by atoms with Gasteiger partial charge in [0.15, 0.2) is 13.2 Å². The summed E-state index contributed by atoms with van der Waals surface area (Å²) in [6.07, 6.45) is 56.3. The monoisotopic (exact) mass is 1090 g/mol. The normalized spacial score (nSPS) is 11.3. The van der Waals surface area contributed by atoms with Crippen LogP contribution in [0.4, 0.5) is 0 Å². The first kappa shape index (κ1) is 69.3. The second-order valence-electron chi connectivity index (χ2n) is 21.6. The van der Waals surface area contributed by atoms with E-state index in [-0.39, 0.29) is 12.0 Å². The standard InChI is InChI=1S/2C25H44NO.C22H21BO3/c2*1-3-5-6-7-8-9-10-11-12-13-14-15-16-17-18-19-22-25-23-20-21-24-26(25)27-4-2;24-23(25)26-18-10-17-22(19-11-4-1-5-12-19,20-13-6-2-7-14-20)21-15-8-3-9-16-21/h2*19-24H,3-18H2,1-2H3;1-9,11-16H,10,17-18H2/q2*+1;-2. The van der Waals surface area contributed by atoms with Gasteiger partial charge < -0.3 is 14.7 Å². The van der Waals surface area contributed by atoms with Gasteiger partial charge in [-0.1, -0.05) is 284 Å². The second kappa shape index (κ2) is 48.7. The number of aromatic nitrogens is 2. The zero-order valence-corrected chi connectivity index (χ0v) is 50.9. The fourth-order valence-corrected chi connectivity index (χ4v) is 10.6. The molecule has 0 aliphatic rings. The van der Waals surface area contributed by atoms with Crippen LogP contribution < -0.4 is 29.2 Å². The number of hydrogen-bond acceptors (Lipinski definition) is 5. The molecule has 5 aromatic rings. The molecule has 0 unspecified atom stereocenters. The van der Waals surface area contributed by atoms with E-state index in [1.807, 2.05) is 102 Å². The van der Waals surface area contributed by atoms with E-state index in [0.29, 0.717) is 19.6 Å². The van der Waals surface area contributed by atoms with Crippen molar-refractivity contribution in [2.45, 2.75) is 239 Å². The Morgan fingerprint density at radius 2 is 0.675 bits per heavy atom. The number of pyridine rings is 2. The van der Waals surface area contributed by atoms with Crippen LogP contribution in [0.5, 0.6) is 0 Å². The number of unbranched alkanes of at least 4 members (excludes halogenated alkanes) is 28. The summed E-state index contributed by atoms with van der Waals surface area (Å²) in [5.74, 6) is 0. The summed E-state index contributed by atoms with van der Waals surface area (Å²) in [5.41, 5.74) is 5.40. The van der Waals surface area contributed by atoms with E-state index in [2.05, 4.69) is 98.8 Å². The maximum absolute atomic E-state index is 10.7. The minimum absolute atomic E-state index is 0.159. The zero-order valence-electron chi connectivity index (χ0n) is 50.9. The first-order valence-electron chi connectivity index (χ1n) is 32.2. The Kier molecular flexibility index (Phi) is 42.1. The molecule has 0 fully saturated rings. The molecule has 0 bridgehead atoms. The molecular weight excluding hydrogens is 984 g/mol. The van der Waals surface area contributed by atoms with Gasteiger partial charge in [0.1, 0.15) is 0 Å². The average Bonchev–Trinajstić information content (AvgIpc) is 3.54. The smallest absolute Gasteiger partial charge is 0.257 e. The Hall–Kier alpha value is -5.02. The van der Waals surface area contributed by atoms with Gasteiger partial charge in [-0.3, -0.25) is 9.68 Å².